The quantitative estimate of drug-likeness (QED) is 0.417. The van der Waals surface area contributed by atoms with E-state index in [9.17, 15) is 5.11 Å². The van der Waals surface area contributed by atoms with Gasteiger partial charge in [-0.1, -0.05) is 36.3 Å². The van der Waals surface area contributed by atoms with Crippen LogP contribution in [0.3, 0.4) is 0 Å². The number of nitrogens with zero attached hydrogens (tertiary/aromatic N) is 3. The summed E-state index contributed by atoms with van der Waals surface area (Å²) in [5, 5.41) is 9.98. The number of piperidine rings is 1. The zero-order chi connectivity index (χ0) is 24.3. The number of ether oxygens (including phenoxy) is 1. The normalized spacial score (nSPS) is 18.1. The van der Waals surface area contributed by atoms with E-state index < -0.39 is 0 Å². The van der Waals surface area contributed by atoms with E-state index in [-0.39, 0.29) is 24.7 Å². The van der Waals surface area contributed by atoms with Crippen LogP contribution in [0.2, 0.25) is 0 Å². The molecule has 6 nitrogen and oxygen atoms in total. The maximum atomic E-state index is 9.98. The molecule has 1 atom stereocenters. The van der Waals surface area contributed by atoms with Gasteiger partial charge in [0.1, 0.15) is 23.7 Å². The molecule has 0 saturated carbocycles. The first-order valence-corrected chi connectivity index (χ1v) is 13.2. The van der Waals surface area contributed by atoms with Gasteiger partial charge in [0.25, 0.3) is 0 Å². The minimum absolute atomic E-state index is 0.0762. The number of hydrogen-bond donors (Lipinski definition) is 2. The van der Waals surface area contributed by atoms with Gasteiger partial charge in [-0.05, 0) is 66.2 Å². The predicted octanol–water partition coefficient (Wildman–Crippen LogP) is 3.96. The Balaban J connectivity index is 1.22. The smallest absolute Gasteiger partial charge is 0.152 e. The van der Waals surface area contributed by atoms with E-state index in [1.165, 1.54) is 11.1 Å². The molecule has 2 heterocycles. The third-order valence-corrected chi connectivity index (χ3v) is 7.92. The van der Waals surface area contributed by atoms with Crippen molar-refractivity contribution in [3.05, 3.63) is 77.2 Å². The monoisotopic (exact) mass is 486 g/mol. The molecule has 1 aliphatic carbocycles. The Hall–Kier alpha value is -3.05. The van der Waals surface area contributed by atoms with Crippen molar-refractivity contribution in [3.63, 3.8) is 0 Å². The number of aliphatic hydroxyl groups is 1. The molecule has 0 unspecified atom stereocenters. The van der Waals surface area contributed by atoms with Crippen molar-refractivity contribution >= 4 is 17.6 Å². The summed E-state index contributed by atoms with van der Waals surface area (Å²) >= 11 is 1.67. The molecule has 2 aliphatic rings. The molecule has 0 radical (unpaired) electrons. The average molecular weight is 487 g/mol. The van der Waals surface area contributed by atoms with Gasteiger partial charge in [0, 0.05) is 24.0 Å². The lowest BCUT2D eigenvalue weighted by atomic mass is 9.73. The van der Waals surface area contributed by atoms with Crippen LogP contribution in [0.25, 0.3) is 0 Å². The maximum absolute atomic E-state index is 9.98. The maximum Gasteiger partial charge on any atom is 0.152 e. The van der Waals surface area contributed by atoms with Crippen LogP contribution in [0.15, 0.2) is 59.6 Å². The second kappa shape index (κ2) is 10.3. The summed E-state index contributed by atoms with van der Waals surface area (Å²) in [6.07, 6.45) is 6.73. The van der Waals surface area contributed by atoms with Gasteiger partial charge in [-0.25, -0.2) is 9.97 Å². The third kappa shape index (κ3) is 4.87. The lowest BCUT2D eigenvalue weighted by Crippen LogP contribution is -2.45. The summed E-state index contributed by atoms with van der Waals surface area (Å²) in [5.74, 6) is 7.52. The molecule has 1 fully saturated rings. The molecule has 1 spiro atoms. The van der Waals surface area contributed by atoms with Crippen molar-refractivity contribution in [2.45, 2.75) is 36.8 Å². The van der Waals surface area contributed by atoms with Gasteiger partial charge >= 0.3 is 0 Å². The number of anilines is 1. The van der Waals surface area contributed by atoms with Crippen LogP contribution < -0.4 is 15.4 Å². The van der Waals surface area contributed by atoms with Crippen molar-refractivity contribution in [2.24, 2.45) is 11.1 Å². The largest absolute Gasteiger partial charge is 0.481 e. The van der Waals surface area contributed by atoms with Gasteiger partial charge in [-0.2, -0.15) is 0 Å². The number of benzene rings is 2. The second-order valence-corrected chi connectivity index (χ2v) is 10.0. The summed E-state index contributed by atoms with van der Waals surface area (Å²) < 4.78 is 5.72. The number of aliphatic hydroxyl groups excluding tert-OH is 1. The lowest BCUT2D eigenvalue weighted by Gasteiger charge is -2.42. The van der Waals surface area contributed by atoms with E-state index in [4.69, 9.17) is 10.5 Å². The van der Waals surface area contributed by atoms with Crippen LogP contribution in [0.5, 0.6) is 5.75 Å². The first-order valence-electron chi connectivity index (χ1n) is 11.9. The molecule has 7 heteroatoms. The SMILES string of the molecule is CSc1cccc(OCC#Cc2cnc(N3CCC4(CC3)Cc3ccccc3[C@H]4N)c(CO)n2)c1. The van der Waals surface area contributed by atoms with Gasteiger partial charge < -0.3 is 20.5 Å². The van der Waals surface area contributed by atoms with E-state index in [0.717, 1.165) is 48.8 Å². The number of rotatable bonds is 5. The molecule has 2 aromatic carbocycles. The van der Waals surface area contributed by atoms with Crippen molar-refractivity contribution in [1.82, 2.24) is 9.97 Å². The Kier molecular flexibility index (Phi) is 6.96. The highest BCUT2D eigenvalue weighted by atomic mass is 32.2. The van der Waals surface area contributed by atoms with Crippen molar-refractivity contribution in [3.8, 4) is 17.6 Å². The zero-order valence-corrected chi connectivity index (χ0v) is 20.7. The summed E-state index contributed by atoms with van der Waals surface area (Å²) in [4.78, 5) is 12.6. The molecule has 3 aromatic rings. The fraction of sp³-hybridized carbons (Fsp3) is 0.357. The van der Waals surface area contributed by atoms with Gasteiger partial charge in [-0.3, -0.25) is 0 Å². The van der Waals surface area contributed by atoms with Gasteiger partial charge in [0.05, 0.1) is 12.8 Å². The van der Waals surface area contributed by atoms with Crippen LogP contribution >= 0.6 is 11.8 Å². The molecule has 180 valence electrons. The first-order chi connectivity index (χ1) is 17.1. The average Bonchev–Trinajstić information content (AvgIpc) is 3.18. The number of nitrogens with two attached hydrogens (primary N) is 1. The Bertz CT molecular complexity index is 1260. The van der Waals surface area contributed by atoms with Crippen LogP contribution in [0, 0.1) is 17.3 Å². The van der Waals surface area contributed by atoms with Gasteiger partial charge in [0.2, 0.25) is 0 Å². The van der Waals surface area contributed by atoms with Crippen molar-refractivity contribution in [1.29, 1.82) is 0 Å². The number of aromatic nitrogens is 2. The standard InChI is InChI=1S/C28H30N4O2S/c1-35-23-9-4-8-22(16-23)34-15-5-7-21-18-30-27(25(19-33)31-21)32-13-11-28(12-14-32)17-20-6-2-3-10-24(20)26(28)29/h2-4,6,8-10,16,18,26,33H,11-15,17,19,29H2,1H3/t26-/m1/s1. The molecule has 3 N–H and O–H groups in total. The molecular formula is C28H30N4O2S. The Labute approximate surface area is 210 Å². The van der Waals surface area contributed by atoms with E-state index in [1.54, 1.807) is 18.0 Å². The molecule has 1 aromatic heterocycles. The third-order valence-electron chi connectivity index (χ3n) is 7.19. The summed E-state index contributed by atoms with van der Waals surface area (Å²) in [7, 11) is 0. The van der Waals surface area contributed by atoms with Gasteiger partial charge in [-0.15, -0.1) is 11.8 Å². The van der Waals surface area contributed by atoms with Crippen LogP contribution in [0.1, 0.15) is 41.4 Å². The predicted molar refractivity (Wildman–Crippen MR) is 140 cm³/mol. The van der Waals surface area contributed by atoms with Crippen LogP contribution in [-0.4, -0.2) is 41.0 Å². The molecule has 0 bridgehead atoms. The number of hydrogen-bond acceptors (Lipinski definition) is 7. The highest BCUT2D eigenvalue weighted by molar-refractivity contribution is 7.98. The topological polar surface area (TPSA) is 84.5 Å². The van der Waals surface area contributed by atoms with E-state index in [1.807, 2.05) is 30.5 Å². The fourth-order valence-corrected chi connectivity index (χ4v) is 5.71. The van der Waals surface area contributed by atoms with Crippen LogP contribution in [0.4, 0.5) is 5.82 Å². The fourth-order valence-electron chi connectivity index (χ4n) is 5.26. The molecule has 5 rings (SSSR count). The highest BCUT2D eigenvalue weighted by Gasteiger charge is 2.46. The molecule has 1 saturated heterocycles. The summed E-state index contributed by atoms with van der Waals surface area (Å²) in [5.41, 5.74) is 10.6. The van der Waals surface area contributed by atoms with E-state index in [2.05, 4.69) is 51.0 Å². The van der Waals surface area contributed by atoms with Crippen LogP contribution in [-0.2, 0) is 13.0 Å². The molecular weight excluding hydrogens is 456 g/mol. The summed E-state index contributed by atoms with van der Waals surface area (Å²) in [6, 6.07) is 16.5. The van der Waals surface area contributed by atoms with Gasteiger partial charge in [0.15, 0.2) is 5.82 Å². The van der Waals surface area contributed by atoms with Crippen molar-refractivity contribution < 1.29 is 9.84 Å². The molecule has 1 aliphatic heterocycles. The second-order valence-electron chi connectivity index (χ2n) is 9.16. The van der Waals surface area contributed by atoms with E-state index in [0.29, 0.717) is 11.4 Å². The van der Waals surface area contributed by atoms with E-state index >= 15 is 0 Å². The Morgan fingerprint density at radius 1 is 1.20 bits per heavy atom. The first kappa shape index (κ1) is 23.7. The molecule has 35 heavy (non-hydrogen) atoms. The zero-order valence-electron chi connectivity index (χ0n) is 19.9. The molecule has 0 amide bonds. The Morgan fingerprint density at radius 2 is 2.03 bits per heavy atom. The van der Waals surface area contributed by atoms with Crippen molar-refractivity contribution in [2.75, 3.05) is 30.9 Å². The Morgan fingerprint density at radius 3 is 2.80 bits per heavy atom. The highest BCUT2D eigenvalue weighted by Crippen LogP contribution is 2.51. The minimum Gasteiger partial charge on any atom is -0.481 e. The minimum atomic E-state index is -0.178. The number of fused-ring (bicyclic) bond motifs is 1. The number of thioether (sulfide) groups is 1. The summed E-state index contributed by atoms with van der Waals surface area (Å²) in [6.45, 7) is 1.77. The lowest BCUT2D eigenvalue weighted by molar-refractivity contribution is 0.186.